The Kier molecular flexibility index (Phi) is 20.6. The maximum Gasteiger partial charge on any atom is 0.338 e. The molecule has 0 spiro atoms. The summed E-state index contributed by atoms with van der Waals surface area (Å²) in [6.45, 7) is 5.33. The molecule has 0 saturated carbocycles. The number of benzene rings is 2. The molecule has 0 heterocycles. The van der Waals surface area contributed by atoms with Gasteiger partial charge in [0.1, 0.15) is 0 Å². The molecule has 0 atom stereocenters. The summed E-state index contributed by atoms with van der Waals surface area (Å²) in [5.41, 5.74) is 0.883. The molecule has 42 heavy (non-hydrogen) atoms. The Morgan fingerprint density at radius 2 is 0.762 bits per heavy atom. The molecule has 4 nitrogen and oxygen atoms in total. The lowest BCUT2D eigenvalue weighted by molar-refractivity contribution is 0.0498. The van der Waals surface area contributed by atoms with E-state index in [9.17, 15) is 9.59 Å². The van der Waals surface area contributed by atoms with Gasteiger partial charge >= 0.3 is 11.9 Å². The molecule has 236 valence electrons. The minimum Gasteiger partial charge on any atom is -0.462 e. The van der Waals surface area contributed by atoms with Crippen LogP contribution in [0.15, 0.2) is 36.4 Å². The summed E-state index contributed by atoms with van der Waals surface area (Å²) >= 11 is 0. The van der Waals surface area contributed by atoms with Crippen molar-refractivity contribution in [1.29, 1.82) is 0 Å². The van der Waals surface area contributed by atoms with Crippen molar-refractivity contribution in [2.45, 2.75) is 155 Å². The number of rotatable bonds is 26. The lowest BCUT2D eigenvalue weighted by atomic mass is 9.99. The van der Waals surface area contributed by atoms with Gasteiger partial charge in [0.15, 0.2) is 0 Å². The highest BCUT2D eigenvalue weighted by Gasteiger charge is 2.19. The van der Waals surface area contributed by atoms with Crippen molar-refractivity contribution in [3.8, 4) is 0 Å². The SMILES string of the molecule is CCCCCCCCCCCCCCCCOC(=O)c1cccc2cccc(C(=O)OCCCCCCCCCC)c12. The molecule has 4 heteroatoms. The van der Waals surface area contributed by atoms with E-state index in [2.05, 4.69) is 13.8 Å². The van der Waals surface area contributed by atoms with Gasteiger partial charge in [0.05, 0.1) is 24.3 Å². The van der Waals surface area contributed by atoms with Crippen LogP contribution in [0.3, 0.4) is 0 Å². The van der Waals surface area contributed by atoms with Gasteiger partial charge < -0.3 is 9.47 Å². The molecule has 2 rings (SSSR count). The Labute approximate surface area is 257 Å². The summed E-state index contributed by atoms with van der Waals surface area (Å²) in [6.07, 6.45) is 27.7. The molecule has 0 aliphatic heterocycles. The number of unbranched alkanes of at least 4 members (excludes halogenated alkanes) is 20. The predicted octanol–water partition coefficient (Wildman–Crippen LogP) is 11.8. The van der Waals surface area contributed by atoms with E-state index >= 15 is 0 Å². The average Bonchev–Trinajstić information content (AvgIpc) is 3.01. The van der Waals surface area contributed by atoms with Crippen LogP contribution < -0.4 is 0 Å². The minimum absolute atomic E-state index is 0.362. The zero-order valence-corrected chi connectivity index (χ0v) is 27.1. The fourth-order valence-electron chi connectivity index (χ4n) is 5.70. The van der Waals surface area contributed by atoms with Crippen molar-refractivity contribution in [2.75, 3.05) is 13.2 Å². The van der Waals surface area contributed by atoms with E-state index in [4.69, 9.17) is 9.47 Å². The summed E-state index contributed by atoms with van der Waals surface area (Å²) < 4.78 is 11.3. The maximum absolute atomic E-state index is 13.0. The summed E-state index contributed by atoms with van der Waals surface area (Å²) in [5.74, 6) is -0.727. The van der Waals surface area contributed by atoms with Gasteiger partial charge in [-0.2, -0.15) is 0 Å². The third-order valence-electron chi connectivity index (χ3n) is 8.31. The highest BCUT2D eigenvalue weighted by atomic mass is 16.5. The number of ether oxygens (including phenoxy) is 2. The van der Waals surface area contributed by atoms with Crippen molar-refractivity contribution >= 4 is 22.7 Å². The zero-order chi connectivity index (χ0) is 30.1. The quantitative estimate of drug-likeness (QED) is 0.0820. The first-order valence-electron chi connectivity index (χ1n) is 17.5. The van der Waals surface area contributed by atoms with E-state index < -0.39 is 0 Å². The zero-order valence-electron chi connectivity index (χ0n) is 27.1. The number of hydrogen-bond donors (Lipinski definition) is 0. The molecule has 2 aromatic carbocycles. The number of hydrogen-bond acceptors (Lipinski definition) is 4. The van der Waals surface area contributed by atoms with Gasteiger partial charge in [-0.25, -0.2) is 9.59 Å². The maximum atomic E-state index is 13.0. The first-order valence-corrected chi connectivity index (χ1v) is 17.5. The third kappa shape index (κ3) is 15.2. The van der Waals surface area contributed by atoms with Crippen molar-refractivity contribution in [3.05, 3.63) is 47.5 Å². The van der Waals surface area contributed by atoms with Crippen LogP contribution in [-0.2, 0) is 9.47 Å². The fourth-order valence-corrected chi connectivity index (χ4v) is 5.70. The third-order valence-corrected chi connectivity index (χ3v) is 8.31. The van der Waals surface area contributed by atoms with E-state index in [1.165, 1.54) is 116 Å². The van der Waals surface area contributed by atoms with Gasteiger partial charge in [-0.3, -0.25) is 0 Å². The monoisotopic (exact) mass is 580 g/mol. The molecule has 0 unspecified atom stereocenters. The molecule has 0 amide bonds. The Hall–Kier alpha value is -2.36. The van der Waals surface area contributed by atoms with Gasteiger partial charge in [-0.05, 0) is 30.4 Å². The molecular formula is C38H60O4. The van der Waals surface area contributed by atoms with Crippen LogP contribution in [-0.4, -0.2) is 25.2 Å². The largest absolute Gasteiger partial charge is 0.462 e. The normalized spacial score (nSPS) is 11.2. The predicted molar refractivity (Wildman–Crippen MR) is 177 cm³/mol. The van der Waals surface area contributed by atoms with Crippen molar-refractivity contribution in [1.82, 2.24) is 0 Å². The lowest BCUT2D eigenvalue weighted by Crippen LogP contribution is -2.11. The number of fused-ring (bicyclic) bond motifs is 1. The van der Waals surface area contributed by atoms with Gasteiger partial charge in [-0.15, -0.1) is 0 Å². The van der Waals surface area contributed by atoms with E-state index in [1.54, 1.807) is 12.1 Å². The first kappa shape index (κ1) is 35.8. The average molecular weight is 581 g/mol. The standard InChI is InChI=1S/C38H60O4/c1-3-5-7-9-11-13-14-15-16-17-18-20-22-24-32-42-38(40)35-30-26-28-33-27-25-29-34(36(33)35)37(39)41-31-23-21-19-12-10-8-6-4-2/h25-30H,3-24,31-32H2,1-2H3. The Bertz CT molecular complexity index is 977. The number of carbonyl (C=O) groups is 2. The summed E-state index contributed by atoms with van der Waals surface area (Å²) in [5, 5.41) is 1.48. The highest BCUT2D eigenvalue weighted by Crippen LogP contribution is 2.25. The molecule has 0 aromatic heterocycles. The van der Waals surface area contributed by atoms with Crippen LogP contribution >= 0.6 is 0 Å². The fraction of sp³-hybridized carbons (Fsp3) is 0.684. The Balaban J connectivity index is 1.66. The van der Waals surface area contributed by atoms with Crippen molar-refractivity contribution in [2.24, 2.45) is 0 Å². The van der Waals surface area contributed by atoms with Crippen molar-refractivity contribution in [3.63, 3.8) is 0 Å². The van der Waals surface area contributed by atoms with E-state index in [0.29, 0.717) is 29.7 Å². The molecule has 0 aliphatic carbocycles. The summed E-state index contributed by atoms with van der Waals surface area (Å²) in [6, 6.07) is 11.1. The second-order valence-electron chi connectivity index (χ2n) is 12.1. The smallest absolute Gasteiger partial charge is 0.338 e. The minimum atomic E-state index is -0.365. The number of esters is 2. The van der Waals surface area contributed by atoms with Gasteiger partial charge in [0, 0.05) is 5.39 Å². The van der Waals surface area contributed by atoms with E-state index in [1.807, 2.05) is 24.3 Å². The van der Waals surface area contributed by atoms with E-state index in [0.717, 1.165) is 31.1 Å². The molecule has 0 bridgehead atoms. The summed E-state index contributed by atoms with van der Waals surface area (Å²) in [7, 11) is 0. The van der Waals surface area contributed by atoms with Gasteiger partial charge in [-0.1, -0.05) is 167 Å². The topological polar surface area (TPSA) is 52.6 Å². The van der Waals surface area contributed by atoms with Gasteiger partial charge in [0.2, 0.25) is 0 Å². The lowest BCUT2D eigenvalue weighted by Gasteiger charge is -2.12. The molecule has 0 N–H and O–H groups in total. The summed E-state index contributed by atoms with van der Waals surface area (Å²) in [4.78, 5) is 26.0. The van der Waals surface area contributed by atoms with Gasteiger partial charge in [0.25, 0.3) is 0 Å². The Morgan fingerprint density at radius 3 is 1.10 bits per heavy atom. The van der Waals surface area contributed by atoms with Crippen LogP contribution in [0.25, 0.3) is 10.8 Å². The molecule has 0 radical (unpaired) electrons. The number of carbonyl (C=O) groups excluding carboxylic acids is 2. The molecule has 0 saturated heterocycles. The van der Waals surface area contributed by atoms with Crippen LogP contribution in [0, 0.1) is 0 Å². The highest BCUT2D eigenvalue weighted by molar-refractivity contribution is 6.13. The molecule has 0 fully saturated rings. The molecule has 2 aromatic rings. The van der Waals surface area contributed by atoms with Crippen LogP contribution in [0.1, 0.15) is 176 Å². The van der Waals surface area contributed by atoms with E-state index in [-0.39, 0.29) is 11.9 Å². The molecular weight excluding hydrogens is 520 g/mol. The second-order valence-corrected chi connectivity index (χ2v) is 12.1. The van der Waals surface area contributed by atoms with Crippen LogP contribution in [0.5, 0.6) is 0 Å². The Morgan fingerprint density at radius 1 is 0.452 bits per heavy atom. The molecule has 0 aliphatic rings. The second kappa shape index (κ2) is 24.1. The van der Waals surface area contributed by atoms with Crippen molar-refractivity contribution < 1.29 is 19.1 Å². The van der Waals surface area contributed by atoms with Crippen LogP contribution in [0.2, 0.25) is 0 Å². The van der Waals surface area contributed by atoms with Crippen LogP contribution in [0.4, 0.5) is 0 Å². The first-order chi connectivity index (χ1) is 20.7.